The maximum atomic E-state index is 13.6. The van der Waals surface area contributed by atoms with Gasteiger partial charge in [0, 0.05) is 6.54 Å². The summed E-state index contributed by atoms with van der Waals surface area (Å²) in [5.74, 6) is 0.803. The van der Waals surface area contributed by atoms with Gasteiger partial charge in [0.2, 0.25) is 0 Å². The van der Waals surface area contributed by atoms with Crippen LogP contribution in [0.2, 0.25) is 0 Å². The first-order chi connectivity index (χ1) is 9.22. The molecule has 0 bridgehead atoms. The van der Waals surface area contributed by atoms with Crippen molar-refractivity contribution in [1.29, 1.82) is 0 Å². The molecule has 3 nitrogen and oxygen atoms in total. The highest BCUT2D eigenvalue weighted by Crippen LogP contribution is 2.23. The van der Waals surface area contributed by atoms with Crippen molar-refractivity contribution >= 4 is 0 Å². The van der Waals surface area contributed by atoms with Crippen molar-refractivity contribution in [3.05, 3.63) is 29.6 Å². The zero-order chi connectivity index (χ0) is 13.7. The van der Waals surface area contributed by atoms with E-state index in [1.54, 1.807) is 12.1 Å². The molecule has 1 heterocycles. The van der Waals surface area contributed by atoms with Crippen molar-refractivity contribution in [3.63, 3.8) is 0 Å². The van der Waals surface area contributed by atoms with Gasteiger partial charge >= 0.3 is 0 Å². The highest BCUT2D eigenvalue weighted by molar-refractivity contribution is 5.29. The van der Waals surface area contributed by atoms with Gasteiger partial charge in [-0.05, 0) is 62.5 Å². The molecule has 1 aromatic rings. The Morgan fingerprint density at radius 2 is 2.11 bits per heavy atom. The normalized spacial score (nSPS) is 17.6. The summed E-state index contributed by atoms with van der Waals surface area (Å²) in [6.45, 7) is 3.77. The Hall–Kier alpha value is -1.13. The topological polar surface area (TPSA) is 38.5 Å². The van der Waals surface area contributed by atoms with E-state index in [1.807, 2.05) is 6.07 Å². The predicted octanol–water partition coefficient (Wildman–Crippen LogP) is 2.40. The number of rotatable bonds is 5. The summed E-state index contributed by atoms with van der Waals surface area (Å²) in [4.78, 5) is 2.38. The first-order valence-electron chi connectivity index (χ1n) is 6.97. The molecule has 0 aromatic heterocycles. The van der Waals surface area contributed by atoms with Crippen LogP contribution < -0.4 is 10.5 Å². The van der Waals surface area contributed by atoms with Gasteiger partial charge in [0.25, 0.3) is 0 Å². The minimum absolute atomic E-state index is 0.280. The molecule has 4 heteroatoms. The third kappa shape index (κ3) is 3.91. The number of hydrogen-bond acceptors (Lipinski definition) is 3. The molecule has 19 heavy (non-hydrogen) atoms. The molecular weight excluding hydrogens is 243 g/mol. The lowest BCUT2D eigenvalue weighted by molar-refractivity contribution is 0.173. The maximum absolute atomic E-state index is 13.6. The van der Waals surface area contributed by atoms with E-state index in [9.17, 15) is 4.39 Å². The van der Waals surface area contributed by atoms with E-state index in [2.05, 4.69) is 4.90 Å². The second-order valence-electron chi connectivity index (χ2n) is 5.27. The highest BCUT2D eigenvalue weighted by Gasteiger charge is 2.18. The molecule has 0 atom stereocenters. The van der Waals surface area contributed by atoms with Crippen molar-refractivity contribution in [3.8, 4) is 5.75 Å². The molecule has 1 aliphatic heterocycles. The molecule has 1 aromatic carbocycles. The van der Waals surface area contributed by atoms with Crippen molar-refractivity contribution in [1.82, 2.24) is 4.90 Å². The van der Waals surface area contributed by atoms with E-state index >= 15 is 0 Å². The molecular formula is C15H23FN2O. The zero-order valence-electron chi connectivity index (χ0n) is 11.6. The summed E-state index contributed by atoms with van der Waals surface area (Å²) in [5.41, 5.74) is 6.60. The third-order valence-electron chi connectivity index (χ3n) is 3.90. The minimum Gasteiger partial charge on any atom is -0.494 e. The summed E-state index contributed by atoms with van der Waals surface area (Å²) in [5, 5.41) is 0. The van der Waals surface area contributed by atoms with Crippen LogP contribution in [0.3, 0.4) is 0 Å². The summed E-state index contributed by atoms with van der Waals surface area (Å²) in [6, 6.07) is 5.21. The number of piperidine rings is 1. The van der Waals surface area contributed by atoms with Crippen LogP contribution in [0.15, 0.2) is 18.2 Å². The molecule has 1 fully saturated rings. The first kappa shape index (κ1) is 14.3. The number of nitrogens with zero attached hydrogens (tertiary/aromatic N) is 1. The van der Waals surface area contributed by atoms with Crippen molar-refractivity contribution in [2.75, 3.05) is 26.7 Å². The summed E-state index contributed by atoms with van der Waals surface area (Å²) in [7, 11) is 1.49. The van der Waals surface area contributed by atoms with Crippen LogP contribution in [0.1, 0.15) is 24.8 Å². The molecule has 106 valence electrons. The number of likely N-dealkylation sites (tertiary alicyclic amines) is 1. The molecule has 0 saturated carbocycles. The van der Waals surface area contributed by atoms with Crippen LogP contribution >= 0.6 is 0 Å². The predicted molar refractivity (Wildman–Crippen MR) is 74.6 cm³/mol. The molecule has 0 amide bonds. The lowest BCUT2D eigenvalue weighted by atomic mass is 9.93. The van der Waals surface area contributed by atoms with Crippen LogP contribution in [-0.4, -0.2) is 31.6 Å². The second-order valence-corrected chi connectivity index (χ2v) is 5.27. The van der Waals surface area contributed by atoms with E-state index in [1.165, 1.54) is 20.0 Å². The van der Waals surface area contributed by atoms with Gasteiger partial charge in [0.15, 0.2) is 11.6 Å². The lowest BCUT2D eigenvalue weighted by Gasteiger charge is -2.31. The number of hydrogen-bond donors (Lipinski definition) is 1. The highest BCUT2D eigenvalue weighted by atomic mass is 19.1. The molecule has 0 unspecified atom stereocenters. The van der Waals surface area contributed by atoms with Gasteiger partial charge in [0.1, 0.15) is 0 Å². The largest absolute Gasteiger partial charge is 0.494 e. The van der Waals surface area contributed by atoms with E-state index in [-0.39, 0.29) is 5.82 Å². The van der Waals surface area contributed by atoms with E-state index in [4.69, 9.17) is 10.5 Å². The average molecular weight is 266 g/mol. The Bertz CT molecular complexity index is 403. The van der Waals surface area contributed by atoms with Crippen molar-refractivity contribution in [2.45, 2.75) is 25.8 Å². The average Bonchev–Trinajstić information content (AvgIpc) is 2.42. The van der Waals surface area contributed by atoms with Gasteiger partial charge in [-0.25, -0.2) is 4.39 Å². The van der Waals surface area contributed by atoms with Crippen molar-refractivity contribution < 1.29 is 9.13 Å². The van der Waals surface area contributed by atoms with Gasteiger partial charge in [-0.3, -0.25) is 4.90 Å². The van der Waals surface area contributed by atoms with E-state index in [0.717, 1.165) is 44.1 Å². The van der Waals surface area contributed by atoms with Crippen molar-refractivity contribution in [2.24, 2.45) is 11.7 Å². The molecule has 1 aliphatic rings. The molecule has 0 radical (unpaired) electrons. The Morgan fingerprint density at radius 1 is 1.37 bits per heavy atom. The number of nitrogens with two attached hydrogens (primary N) is 1. The Morgan fingerprint density at radius 3 is 2.68 bits per heavy atom. The molecule has 0 spiro atoms. The fraction of sp³-hybridized carbons (Fsp3) is 0.600. The number of ether oxygens (including phenoxy) is 1. The second kappa shape index (κ2) is 6.87. The van der Waals surface area contributed by atoms with E-state index in [0.29, 0.717) is 5.75 Å². The molecule has 2 rings (SSSR count). The first-order valence-corrected chi connectivity index (χ1v) is 6.97. The van der Waals surface area contributed by atoms with Gasteiger partial charge < -0.3 is 10.5 Å². The summed E-state index contributed by atoms with van der Waals surface area (Å²) < 4.78 is 18.5. The van der Waals surface area contributed by atoms with Crippen LogP contribution in [0.4, 0.5) is 4.39 Å². The fourth-order valence-electron chi connectivity index (χ4n) is 2.74. The molecule has 2 N–H and O–H groups in total. The molecule has 0 aliphatic carbocycles. The van der Waals surface area contributed by atoms with E-state index < -0.39 is 0 Å². The monoisotopic (exact) mass is 266 g/mol. The fourth-order valence-corrected chi connectivity index (χ4v) is 2.74. The van der Waals surface area contributed by atoms with Gasteiger partial charge in [-0.15, -0.1) is 0 Å². The van der Waals surface area contributed by atoms with Gasteiger partial charge in [0.05, 0.1) is 7.11 Å². The van der Waals surface area contributed by atoms with Crippen LogP contribution in [0, 0.1) is 11.7 Å². The van der Waals surface area contributed by atoms with Crippen LogP contribution in [0.25, 0.3) is 0 Å². The third-order valence-corrected chi connectivity index (χ3v) is 3.90. The standard InChI is InChI=1S/C15H23FN2O/c1-19-15-3-2-13(10-14(15)16)11-18-8-5-12(4-7-17)6-9-18/h2-3,10,12H,4-9,11,17H2,1H3. The summed E-state index contributed by atoms with van der Waals surface area (Å²) in [6.07, 6.45) is 3.54. The SMILES string of the molecule is COc1ccc(CN2CCC(CCN)CC2)cc1F. The quantitative estimate of drug-likeness (QED) is 0.889. The Labute approximate surface area is 114 Å². The Balaban J connectivity index is 1.87. The maximum Gasteiger partial charge on any atom is 0.165 e. The zero-order valence-corrected chi connectivity index (χ0v) is 11.6. The smallest absolute Gasteiger partial charge is 0.165 e. The minimum atomic E-state index is -0.280. The lowest BCUT2D eigenvalue weighted by Crippen LogP contribution is -2.33. The van der Waals surface area contributed by atoms with Gasteiger partial charge in [-0.1, -0.05) is 6.07 Å². The Kier molecular flexibility index (Phi) is 5.16. The van der Waals surface area contributed by atoms with Crippen LogP contribution in [0.5, 0.6) is 5.75 Å². The number of halogens is 1. The summed E-state index contributed by atoms with van der Waals surface area (Å²) >= 11 is 0. The molecule has 1 saturated heterocycles. The van der Waals surface area contributed by atoms with Gasteiger partial charge in [-0.2, -0.15) is 0 Å². The number of methoxy groups -OCH3 is 1. The number of benzene rings is 1. The van der Waals surface area contributed by atoms with Crippen LogP contribution in [-0.2, 0) is 6.54 Å².